The van der Waals surface area contributed by atoms with Crippen LogP contribution < -0.4 is 11.1 Å². The summed E-state index contributed by atoms with van der Waals surface area (Å²) in [6.07, 6.45) is 2.64. The maximum absolute atomic E-state index is 11.7. The molecule has 4 heteroatoms. The smallest absolute Gasteiger partial charge is 0.224 e. The van der Waals surface area contributed by atoms with Gasteiger partial charge in [0.05, 0.1) is 0 Å². The number of nitrogens with two attached hydrogens (primary N) is 1. The molecule has 0 aliphatic carbocycles. The van der Waals surface area contributed by atoms with Crippen molar-refractivity contribution in [3.63, 3.8) is 0 Å². The zero-order chi connectivity index (χ0) is 12.8. The third kappa shape index (κ3) is 5.04. The number of nitrogens with one attached hydrogen (secondary N) is 1. The molecule has 0 saturated carbocycles. The molecule has 1 rings (SSSR count). The normalized spacial score (nSPS) is 22.1. The summed E-state index contributed by atoms with van der Waals surface area (Å²) in [7, 11) is 0. The second-order valence-corrected chi connectivity index (χ2v) is 5.51. The van der Waals surface area contributed by atoms with Crippen molar-refractivity contribution in [2.45, 2.75) is 39.7 Å². The lowest BCUT2D eigenvalue weighted by molar-refractivity contribution is -0.125. The first kappa shape index (κ1) is 14.5. The van der Waals surface area contributed by atoms with Gasteiger partial charge < -0.3 is 16.0 Å². The summed E-state index contributed by atoms with van der Waals surface area (Å²) >= 11 is 0. The Hall–Kier alpha value is -0.610. The molecule has 1 fully saturated rings. The van der Waals surface area contributed by atoms with Crippen molar-refractivity contribution in [2.75, 3.05) is 26.2 Å². The summed E-state index contributed by atoms with van der Waals surface area (Å²) in [6, 6.07) is -0.0797. The van der Waals surface area contributed by atoms with Crippen LogP contribution in [0.3, 0.4) is 0 Å². The molecule has 0 aromatic heterocycles. The van der Waals surface area contributed by atoms with Crippen molar-refractivity contribution in [3.8, 4) is 0 Å². The highest BCUT2D eigenvalue weighted by atomic mass is 16.1. The molecule has 1 heterocycles. The van der Waals surface area contributed by atoms with Gasteiger partial charge in [-0.15, -0.1) is 0 Å². The van der Waals surface area contributed by atoms with Gasteiger partial charge in [-0.25, -0.2) is 0 Å². The Morgan fingerprint density at radius 2 is 1.88 bits per heavy atom. The van der Waals surface area contributed by atoms with Gasteiger partial charge in [-0.3, -0.25) is 4.79 Å². The lowest BCUT2D eigenvalue weighted by Gasteiger charge is -2.22. The van der Waals surface area contributed by atoms with Crippen molar-refractivity contribution < 1.29 is 4.79 Å². The van der Waals surface area contributed by atoms with Gasteiger partial charge in [0.2, 0.25) is 5.91 Å². The van der Waals surface area contributed by atoms with E-state index in [1.807, 2.05) is 13.8 Å². The van der Waals surface area contributed by atoms with Gasteiger partial charge in [0.25, 0.3) is 0 Å². The SMILES string of the molecule is CC(CNC(=O)C(C)C(C)N)CN1CCCC1. The molecule has 1 aliphatic heterocycles. The van der Waals surface area contributed by atoms with Crippen LogP contribution in [0.15, 0.2) is 0 Å². The van der Waals surface area contributed by atoms with E-state index in [-0.39, 0.29) is 17.9 Å². The molecule has 0 spiro atoms. The van der Waals surface area contributed by atoms with Gasteiger partial charge in [0.15, 0.2) is 0 Å². The number of nitrogens with zero attached hydrogens (tertiary/aromatic N) is 1. The van der Waals surface area contributed by atoms with E-state index in [1.165, 1.54) is 25.9 Å². The molecule has 3 unspecified atom stereocenters. The number of hydrogen-bond acceptors (Lipinski definition) is 3. The first-order valence-corrected chi connectivity index (χ1v) is 6.76. The van der Waals surface area contributed by atoms with Crippen LogP contribution in [0, 0.1) is 11.8 Å². The quantitative estimate of drug-likeness (QED) is 0.724. The minimum absolute atomic E-state index is 0.0771. The van der Waals surface area contributed by atoms with Crippen molar-refractivity contribution in [1.82, 2.24) is 10.2 Å². The zero-order valence-electron chi connectivity index (χ0n) is 11.4. The predicted octanol–water partition coefficient (Wildman–Crippen LogP) is 0.818. The third-order valence-corrected chi connectivity index (χ3v) is 3.60. The molecule has 1 saturated heterocycles. The highest BCUT2D eigenvalue weighted by Crippen LogP contribution is 2.10. The summed E-state index contributed by atoms with van der Waals surface area (Å²) in [5.41, 5.74) is 5.71. The van der Waals surface area contributed by atoms with E-state index in [1.54, 1.807) is 0 Å². The van der Waals surface area contributed by atoms with Crippen LogP contribution in [0.25, 0.3) is 0 Å². The van der Waals surface area contributed by atoms with Crippen LogP contribution in [0.2, 0.25) is 0 Å². The van der Waals surface area contributed by atoms with Gasteiger partial charge in [0.1, 0.15) is 0 Å². The Morgan fingerprint density at radius 3 is 2.41 bits per heavy atom. The first-order chi connectivity index (χ1) is 8.00. The summed E-state index contributed by atoms with van der Waals surface area (Å²) in [5, 5.41) is 2.99. The molecule has 3 N–H and O–H groups in total. The van der Waals surface area contributed by atoms with Gasteiger partial charge in [0, 0.05) is 25.0 Å². The van der Waals surface area contributed by atoms with Gasteiger partial charge in [-0.05, 0) is 38.8 Å². The van der Waals surface area contributed by atoms with E-state index in [4.69, 9.17) is 5.73 Å². The summed E-state index contributed by atoms with van der Waals surface area (Å²) in [4.78, 5) is 14.2. The Morgan fingerprint density at radius 1 is 1.29 bits per heavy atom. The molecule has 0 aromatic rings. The molecule has 17 heavy (non-hydrogen) atoms. The Labute approximate surface area is 105 Å². The molecule has 1 amide bonds. The standard InChI is InChI=1S/C13H27N3O/c1-10(9-16-6-4-5-7-16)8-15-13(17)11(2)12(3)14/h10-12H,4-9,14H2,1-3H3,(H,15,17). The number of carbonyl (C=O) groups is 1. The number of amides is 1. The number of carbonyl (C=O) groups excluding carboxylic acids is 1. The fraction of sp³-hybridized carbons (Fsp3) is 0.923. The van der Waals surface area contributed by atoms with Crippen LogP contribution in [-0.2, 0) is 4.79 Å². The van der Waals surface area contributed by atoms with Gasteiger partial charge in [-0.1, -0.05) is 13.8 Å². The number of rotatable bonds is 6. The van der Waals surface area contributed by atoms with E-state index < -0.39 is 0 Å². The fourth-order valence-electron chi connectivity index (χ4n) is 2.15. The first-order valence-electron chi connectivity index (χ1n) is 6.76. The monoisotopic (exact) mass is 241 g/mol. The van der Waals surface area contributed by atoms with Crippen LogP contribution in [0.1, 0.15) is 33.6 Å². The molecular formula is C13H27N3O. The Kier molecular flexibility index (Phi) is 5.92. The Bertz CT molecular complexity index is 237. The lowest BCUT2D eigenvalue weighted by Crippen LogP contribution is -2.41. The predicted molar refractivity (Wildman–Crippen MR) is 70.7 cm³/mol. The van der Waals surface area contributed by atoms with E-state index in [0.717, 1.165) is 13.1 Å². The second kappa shape index (κ2) is 6.97. The minimum Gasteiger partial charge on any atom is -0.356 e. The van der Waals surface area contributed by atoms with Crippen molar-refractivity contribution >= 4 is 5.91 Å². The van der Waals surface area contributed by atoms with Crippen LogP contribution >= 0.6 is 0 Å². The largest absolute Gasteiger partial charge is 0.356 e. The van der Waals surface area contributed by atoms with Crippen LogP contribution in [0.5, 0.6) is 0 Å². The average molecular weight is 241 g/mol. The van der Waals surface area contributed by atoms with Crippen molar-refractivity contribution in [2.24, 2.45) is 17.6 Å². The third-order valence-electron chi connectivity index (χ3n) is 3.60. The highest BCUT2D eigenvalue weighted by molar-refractivity contribution is 5.78. The average Bonchev–Trinajstić information content (AvgIpc) is 2.77. The summed E-state index contributed by atoms with van der Waals surface area (Å²) in [6.45, 7) is 10.2. The molecule has 100 valence electrons. The molecule has 1 aliphatic rings. The maximum atomic E-state index is 11.7. The lowest BCUT2D eigenvalue weighted by atomic mass is 10.0. The molecular weight excluding hydrogens is 214 g/mol. The van der Waals surface area contributed by atoms with E-state index in [0.29, 0.717) is 5.92 Å². The topological polar surface area (TPSA) is 58.4 Å². The molecule has 0 radical (unpaired) electrons. The Balaban J connectivity index is 2.18. The van der Waals surface area contributed by atoms with Gasteiger partial charge in [-0.2, -0.15) is 0 Å². The van der Waals surface area contributed by atoms with Gasteiger partial charge >= 0.3 is 0 Å². The minimum atomic E-state index is -0.103. The van der Waals surface area contributed by atoms with E-state index in [2.05, 4.69) is 17.1 Å². The zero-order valence-corrected chi connectivity index (χ0v) is 11.4. The van der Waals surface area contributed by atoms with Crippen molar-refractivity contribution in [1.29, 1.82) is 0 Å². The molecule has 3 atom stereocenters. The maximum Gasteiger partial charge on any atom is 0.224 e. The van der Waals surface area contributed by atoms with E-state index in [9.17, 15) is 4.79 Å². The highest BCUT2D eigenvalue weighted by Gasteiger charge is 2.18. The van der Waals surface area contributed by atoms with E-state index >= 15 is 0 Å². The summed E-state index contributed by atoms with van der Waals surface area (Å²) < 4.78 is 0. The van der Waals surface area contributed by atoms with Crippen LogP contribution in [0.4, 0.5) is 0 Å². The summed E-state index contributed by atoms with van der Waals surface area (Å²) in [5.74, 6) is 0.486. The number of likely N-dealkylation sites (tertiary alicyclic amines) is 1. The second-order valence-electron chi connectivity index (χ2n) is 5.51. The molecule has 4 nitrogen and oxygen atoms in total. The fourth-order valence-corrected chi connectivity index (χ4v) is 2.15. The van der Waals surface area contributed by atoms with Crippen molar-refractivity contribution in [3.05, 3.63) is 0 Å². The number of hydrogen-bond donors (Lipinski definition) is 2. The van der Waals surface area contributed by atoms with Crippen LogP contribution in [-0.4, -0.2) is 43.0 Å². The molecule has 0 bridgehead atoms. The molecule has 0 aromatic carbocycles.